The summed E-state index contributed by atoms with van der Waals surface area (Å²) in [5.74, 6) is 0. The van der Waals surface area contributed by atoms with Crippen molar-refractivity contribution in [3.05, 3.63) is 0 Å². The summed E-state index contributed by atoms with van der Waals surface area (Å²) in [5.41, 5.74) is 0. The molecule has 11 heavy (non-hydrogen) atoms. The zero-order valence-electron chi connectivity index (χ0n) is 7.25. The van der Waals surface area contributed by atoms with E-state index in [9.17, 15) is 0 Å². The van der Waals surface area contributed by atoms with Crippen LogP contribution in [0.1, 0.15) is 13.3 Å². The summed E-state index contributed by atoms with van der Waals surface area (Å²) in [7, 11) is 4.81. The maximum atomic E-state index is 5.63. The SMILES string of the molecule is BC1CC(OCC)C(CP)O1. The van der Waals surface area contributed by atoms with Gasteiger partial charge in [0.2, 0.25) is 0 Å². The van der Waals surface area contributed by atoms with Gasteiger partial charge >= 0.3 is 0 Å². The van der Waals surface area contributed by atoms with Crippen LogP contribution >= 0.6 is 9.24 Å². The molecule has 4 heteroatoms. The topological polar surface area (TPSA) is 18.5 Å². The largest absolute Gasteiger partial charge is 0.381 e. The molecule has 0 aromatic rings. The maximum Gasteiger partial charge on any atom is 0.139 e. The summed E-state index contributed by atoms with van der Waals surface area (Å²) in [5, 5.41) is 0. The van der Waals surface area contributed by atoms with Gasteiger partial charge in [-0.25, -0.2) is 0 Å². The third-order valence-corrected chi connectivity index (χ3v) is 2.46. The lowest BCUT2D eigenvalue weighted by atomic mass is 9.96. The van der Waals surface area contributed by atoms with Gasteiger partial charge in [-0.05, 0) is 19.5 Å². The first-order valence-corrected chi connectivity index (χ1v) is 5.06. The molecule has 2 nitrogen and oxygen atoms in total. The highest BCUT2D eigenvalue weighted by Crippen LogP contribution is 2.22. The van der Waals surface area contributed by atoms with Crippen molar-refractivity contribution in [1.82, 2.24) is 0 Å². The van der Waals surface area contributed by atoms with Crippen LogP contribution in [0.3, 0.4) is 0 Å². The van der Waals surface area contributed by atoms with Crippen molar-refractivity contribution in [2.45, 2.75) is 31.6 Å². The Hall–Kier alpha value is 0.415. The van der Waals surface area contributed by atoms with Crippen LogP contribution in [0.5, 0.6) is 0 Å². The minimum absolute atomic E-state index is 0.301. The highest BCUT2D eigenvalue weighted by atomic mass is 31.0. The Labute approximate surface area is 71.6 Å². The van der Waals surface area contributed by atoms with Crippen molar-refractivity contribution in [2.75, 3.05) is 12.8 Å². The van der Waals surface area contributed by atoms with Gasteiger partial charge in [-0.3, -0.25) is 0 Å². The fourth-order valence-electron chi connectivity index (χ4n) is 1.52. The van der Waals surface area contributed by atoms with E-state index in [4.69, 9.17) is 9.47 Å². The van der Waals surface area contributed by atoms with E-state index in [0.29, 0.717) is 18.2 Å². The van der Waals surface area contributed by atoms with Crippen LogP contribution in [0.25, 0.3) is 0 Å². The van der Waals surface area contributed by atoms with E-state index in [0.717, 1.165) is 19.2 Å². The van der Waals surface area contributed by atoms with E-state index in [1.165, 1.54) is 0 Å². The van der Waals surface area contributed by atoms with E-state index in [1.54, 1.807) is 0 Å². The molecule has 1 aliphatic rings. The fourth-order valence-corrected chi connectivity index (χ4v) is 1.93. The lowest BCUT2D eigenvalue weighted by molar-refractivity contribution is 0.00381. The summed E-state index contributed by atoms with van der Waals surface area (Å²) in [4.78, 5) is 0. The van der Waals surface area contributed by atoms with Crippen molar-refractivity contribution in [3.8, 4) is 0 Å². The van der Waals surface area contributed by atoms with Crippen LogP contribution in [0, 0.1) is 0 Å². The first kappa shape index (κ1) is 9.50. The molecule has 1 fully saturated rings. The molecule has 1 rings (SSSR count). The second kappa shape index (κ2) is 4.44. The van der Waals surface area contributed by atoms with Crippen LogP contribution < -0.4 is 0 Å². The molecule has 64 valence electrons. The third-order valence-electron chi connectivity index (χ3n) is 2.00. The van der Waals surface area contributed by atoms with Gasteiger partial charge in [-0.15, -0.1) is 9.24 Å². The number of ether oxygens (including phenoxy) is 2. The van der Waals surface area contributed by atoms with Crippen molar-refractivity contribution in [1.29, 1.82) is 0 Å². The minimum Gasteiger partial charge on any atom is -0.381 e. The zero-order valence-corrected chi connectivity index (χ0v) is 8.40. The summed E-state index contributed by atoms with van der Waals surface area (Å²) in [6.45, 7) is 2.82. The zero-order chi connectivity index (χ0) is 8.27. The maximum absolute atomic E-state index is 5.63. The number of hydrogen-bond donors (Lipinski definition) is 0. The molecule has 0 aromatic heterocycles. The van der Waals surface area contributed by atoms with Crippen molar-refractivity contribution in [3.63, 3.8) is 0 Å². The van der Waals surface area contributed by atoms with Gasteiger partial charge in [-0.1, -0.05) is 0 Å². The Kier molecular flexibility index (Phi) is 3.84. The van der Waals surface area contributed by atoms with Gasteiger partial charge < -0.3 is 9.47 Å². The van der Waals surface area contributed by atoms with Gasteiger partial charge in [-0.2, -0.15) is 0 Å². The molecule has 0 N–H and O–H groups in total. The van der Waals surface area contributed by atoms with Crippen LogP contribution in [0.4, 0.5) is 0 Å². The lowest BCUT2D eigenvalue weighted by Crippen LogP contribution is -2.25. The molecular formula is C7H16BO2P. The Morgan fingerprint density at radius 2 is 2.45 bits per heavy atom. The van der Waals surface area contributed by atoms with E-state index in [2.05, 4.69) is 17.1 Å². The predicted octanol–water partition coefficient (Wildman–Crippen LogP) is 0.0147. The monoisotopic (exact) mass is 174 g/mol. The first-order valence-electron chi connectivity index (χ1n) is 4.25. The standard InChI is InChI=1S/C7H16BO2P/c1-2-9-5-3-7(8)10-6(5)4-11/h5-7H,2-4,8,11H2,1H3. The Balaban J connectivity index is 2.37. The molecule has 4 atom stereocenters. The lowest BCUT2D eigenvalue weighted by Gasteiger charge is -2.15. The van der Waals surface area contributed by atoms with Crippen molar-refractivity contribution >= 4 is 17.1 Å². The molecule has 0 aromatic carbocycles. The minimum atomic E-state index is 0.301. The number of rotatable bonds is 3. The Morgan fingerprint density at radius 1 is 1.73 bits per heavy atom. The average molecular weight is 174 g/mol. The quantitative estimate of drug-likeness (QED) is 0.443. The average Bonchev–Trinajstić information content (AvgIpc) is 2.32. The van der Waals surface area contributed by atoms with Crippen LogP contribution in [0.15, 0.2) is 0 Å². The van der Waals surface area contributed by atoms with E-state index in [1.807, 2.05) is 6.92 Å². The molecule has 1 saturated heterocycles. The van der Waals surface area contributed by atoms with Crippen molar-refractivity contribution < 1.29 is 9.47 Å². The van der Waals surface area contributed by atoms with Crippen molar-refractivity contribution in [2.24, 2.45) is 0 Å². The molecular weight excluding hydrogens is 158 g/mol. The second-order valence-corrected chi connectivity index (χ2v) is 3.42. The highest BCUT2D eigenvalue weighted by molar-refractivity contribution is 7.16. The summed E-state index contributed by atoms with van der Waals surface area (Å²) in [6.07, 6.45) is 2.66. The van der Waals surface area contributed by atoms with E-state index in [-0.39, 0.29) is 0 Å². The van der Waals surface area contributed by atoms with E-state index >= 15 is 0 Å². The molecule has 0 radical (unpaired) electrons. The van der Waals surface area contributed by atoms with E-state index < -0.39 is 0 Å². The Bertz CT molecular complexity index is 123. The Morgan fingerprint density at radius 3 is 3.00 bits per heavy atom. The van der Waals surface area contributed by atoms with Crippen LogP contribution in [0.2, 0.25) is 0 Å². The normalized spacial score (nSPS) is 37.8. The van der Waals surface area contributed by atoms with Gasteiger partial charge in [0.25, 0.3) is 0 Å². The third kappa shape index (κ3) is 2.43. The van der Waals surface area contributed by atoms with Gasteiger partial charge in [0.05, 0.1) is 12.2 Å². The smallest absolute Gasteiger partial charge is 0.139 e. The molecule has 0 bridgehead atoms. The van der Waals surface area contributed by atoms with Crippen LogP contribution in [-0.4, -0.2) is 38.8 Å². The highest BCUT2D eigenvalue weighted by Gasteiger charge is 2.31. The molecule has 0 amide bonds. The summed E-state index contributed by atoms with van der Waals surface area (Å²) in [6, 6.07) is 0.372. The number of hydrogen-bond acceptors (Lipinski definition) is 2. The van der Waals surface area contributed by atoms with Gasteiger partial charge in [0.15, 0.2) is 0 Å². The van der Waals surface area contributed by atoms with Gasteiger partial charge in [0.1, 0.15) is 7.85 Å². The molecule has 0 saturated carbocycles. The predicted molar refractivity (Wildman–Crippen MR) is 51.8 cm³/mol. The van der Waals surface area contributed by atoms with Crippen LogP contribution in [-0.2, 0) is 9.47 Å². The molecule has 0 spiro atoms. The summed E-state index contributed by atoms with van der Waals surface area (Å²) < 4.78 is 11.2. The molecule has 4 unspecified atom stereocenters. The molecule has 1 heterocycles. The molecule has 1 aliphatic heterocycles. The second-order valence-electron chi connectivity index (χ2n) is 2.95. The first-order chi connectivity index (χ1) is 5.27. The summed E-state index contributed by atoms with van der Waals surface area (Å²) >= 11 is 0. The molecule has 0 aliphatic carbocycles. The fraction of sp³-hybridized carbons (Fsp3) is 1.00. The van der Waals surface area contributed by atoms with Gasteiger partial charge in [0, 0.05) is 12.6 Å².